The van der Waals surface area contributed by atoms with Crippen molar-refractivity contribution in [3.05, 3.63) is 23.8 Å². The average molecular weight is 262 g/mol. The van der Waals surface area contributed by atoms with Gasteiger partial charge in [-0.2, -0.15) is 0 Å². The maximum Gasteiger partial charge on any atom is 0.227 e. The van der Waals surface area contributed by atoms with Crippen LogP contribution in [0.25, 0.3) is 0 Å². The molecule has 2 rings (SSSR count). The summed E-state index contributed by atoms with van der Waals surface area (Å²) in [6.45, 7) is 6.46. The second-order valence-electron chi connectivity index (χ2n) is 4.92. The van der Waals surface area contributed by atoms with E-state index in [-0.39, 0.29) is 11.8 Å². The highest BCUT2D eigenvalue weighted by atomic mass is 16.5. The predicted octanol–water partition coefficient (Wildman–Crippen LogP) is 2.33. The normalized spacial score (nSPS) is 16.1. The molecule has 4 heteroatoms. The van der Waals surface area contributed by atoms with Gasteiger partial charge < -0.3 is 15.4 Å². The summed E-state index contributed by atoms with van der Waals surface area (Å²) in [6, 6.07) is 5.77. The summed E-state index contributed by atoms with van der Waals surface area (Å²) < 4.78 is 5.44. The quantitative estimate of drug-likeness (QED) is 0.875. The van der Waals surface area contributed by atoms with Crippen molar-refractivity contribution in [3.8, 4) is 5.75 Å². The minimum absolute atomic E-state index is 0.132. The Hall–Kier alpha value is -1.55. The van der Waals surface area contributed by atoms with Crippen LogP contribution in [0.4, 0.5) is 5.69 Å². The Morgan fingerprint density at radius 1 is 1.42 bits per heavy atom. The van der Waals surface area contributed by atoms with E-state index in [4.69, 9.17) is 4.74 Å². The molecule has 1 aliphatic heterocycles. The third-order valence-corrected chi connectivity index (χ3v) is 3.48. The van der Waals surface area contributed by atoms with Gasteiger partial charge in [-0.1, -0.05) is 0 Å². The van der Waals surface area contributed by atoms with Gasteiger partial charge in [0.2, 0.25) is 5.91 Å². The molecule has 104 valence electrons. The first-order valence-electron chi connectivity index (χ1n) is 6.95. The van der Waals surface area contributed by atoms with Crippen molar-refractivity contribution < 1.29 is 9.53 Å². The lowest BCUT2D eigenvalue weighted by Gasteiger charge is -2.22. The second-order valence-corrected chi connectivity index (χ2v) is 4.92. The van der Waals surface area contributed by atoms with Gasteiger partial charge in [0.25, 0.3) is 0 Å². The van der Waals surface area contributed by atoms with Crippen LogP contribution in [0.1, 0.15) is 25.3 Å². The molecule has 0 saturated carbocycles. The van der Waals surface area contributed by atoms with Crippen LogP contribution in [0.5, 0.6) is 5.75 Å². The van der Waals surface area contributed by atoms with Crippen molar-refractivity contribution in [2.75, 3.05) is 25.0 Å². The highest BCUT2D eigenvalue weighted by Crippen LogP contribution is 2.23. The average Bonchev–Trinajstić information content (AvgIpc) is 2.43. The van der Waals surface area contributed by atoms with E-state index >= 15 is 0 Å². The van der Waals surface area contributed by atoms with Gasteiger partial charge in [-0.15, -0.1) is 0 Å². The van der Waals surface area contributed by atoms with Gasteiger partial charge in [-0.05, 0) is 63.5 Å². The van der Waals surface area contributed by atoms with Crippen molar-refractivity contribution in [2.45, 2.75) is 26.7 Å². The standard InChI is InChI=1S/C15H22N2O2/c1-3-19-13-4-5-14(11(2)10-13)17-15(18)12-6-8-16-9-7-12/h4-5,10,12,16H,3,6-9H2,1-2H3,(H,17,18). The van der Waals surface area contributed by atoms with Crippen LogP contribution in [0.2, 0.25) is 0 Å². The minimum Gasteiger partial charge on any atom is -0.494 e. The van der Waals surface area contributed by atoms with Crippen molar-refractivity contribution in [3.63, 3.8) is 0 Å². The van der Waals surface area contributed by atoms with Crippen LogP contribution < -0.4 is 15.4 Å². The first kappa shape index (κ1) is 13.9. The summed E-state index contributed by atoms with van der Waals surface area (Å²) in [7, 11) is 0. The van der Waals surface area contributed by atoms with Crippen molar-refractivity contribution >= 4 is 11.6 Å². The largest absolute Gasteiger partial charge is 0.494 e. The molecule has 19 heavy (non-hydrogen) atoms. The topological polar surface area (TPSA) is 50.4 Å². The van der Waals surface area contributed by atoms with E-state index in [2.05, 4.69) is 10.6 Å². The van der Waals surface area contributed by atoms with Gasteiger partial charge in [-0.25, -0.2) is 0 Å². The number of benzene rings is 1. The number of anilines is 1. The van der Waals surface area contributed by atoms with Gasteiger partial charge >= 0.3 is 0 Å². The van der Waals surface area contributed by atoms with E-state index in [1.165, 1.54) is 0 Å². The van der Waals surface area contributed by atoms with Crippen LogP contribution >= 0.6 is 0 Å². The number of carbonyl (C=O) groups excluding carboxylic acids is 1. The minimum atomic E-state index is 0.132. The maximum atomic E-state index is 12.2. The number of carbonyl (C=O) groups is 1. The zero-order valence-corrected chi connectivity index (χ0v) is 11.7. The van der Waals surface area contributed by atoms with Crippen molar-refractivity contribution in [2.24, 2.45) is 5.92 Å². The molecule has 0 aliphatic carbocycles. The third-order valence-electron chi connectivity index (χ3n) is 3.48. The molecule has 1 fully saturated rings. The Kier molecular flexibility index (Phi) is 4.80. The molecule has 1 aliphatic rings. The van der Waals surface area contributed by atoms with Gasteiger partial charge in [0.15, 0.2) is 0 Å². The number of hydrogen-bond acceptors (Lipinski definition) is 3. The number of nitrogens with one attached hydrogen (secondary N) is 2. The Bertz CT molecular complexity index is 440. The second kappa shape index (κ2) is 6.57. The molecule has 0 aromatic heterocycles. The van der Waals surface area contributed by atoms with E-state index in [0.29, 0.717) is 6.61 Å². The van der Waals surface area contributed by atoms with E-state index in [1.807, 2.05) is 32.0 Å². The highest BCUT2D eigenvalue weighted by Gasteiger charge is 2.21. The van der Waals surface area contributed by atoms with Crippen molar-refractivity contribution in [1.29, 1.82) is 0 Å². The van der Waals surface area contributed by atoms with Crippen LogP contribution in [-0.4, -0.2) is 25.6 Å². The zero-order chi connectivity index (χ0) is 13.7. The molecule has 0 spiro atoms. The smallest absolute Gasteiger partial charge is 0.227 e. The number of hydrogen-bond donors (Lipinski definition) is 2. The SMILES string of the molecule is CCOc1ccc(NC(=O)C2CCNCC2)c(C)c1. The number of ether oxygens (including phenoxy) is 1. The lowest BCUT2D eigenvalue weighted by Crippen LogP contribution is -2.34. The van der Waals surface area contributed by atoms with Crippen LogP contribution in [-0.2, 0) is 4.79 Å². The first-order valence-corrected chi connectivity index (χ1v) is 6.95. The number of amides is 1. The summed E-state index contributed by atoms with van der Waals surface area (Å²) in [5.74, 6) is 1.11. The summed E-state index contributed by atoms with van der Waals surface area (Å²) >= 11 is 0. The van der Waals surface area contributed by atoms with E-state index in [0.717, 1.165) is 42.9 Å². The Labute approximate surface area is 114 Å². The lowest BCUT2D eigenvalue weighted by molar-refractivity contribution is -0.120. The summed E-state index contributed by atoms with van der Waals surface area (Å²) in [5, 5.41) is 6.30. The molecule has 0 atom stereocenters. The molecule has 0 bridgehead atoms. The van der Waals surface area contributed by atoms with Gasteiger partial charge in [-0.3, -0.25) is 4.79 Å². The molecule has 1 aromatic rings. The third kappa shape index (κ3) is 3.70. The van der Waals surface area contributed by atoms with E-state index < -0.39 is 0 Å². The number of rotatable bonds is 4. The molecule has 1 aromatic carbocycles. The molecule has 4 nitrogen and oxygen atoms in total. The zero-order valence-electron chi connectivity index (χ0n) is 11.7. The molecule has 2 N–H and O–H groups in total. The van der Waals surface area contributed by atoms with Crippen LogP contribution in [0.3, 0.4) is 0 Å². The fourth-order valence-corrected chi connectivity index (χ4v) is 2.35. The summed E-state index contributed by atoms with van der Waals surface area (Å²) in [5.41, 5.74) is 1.92. The van der Waals surface area contributed by atoms with Crippen LogP contribution in [0, 0.1) is 12.8 Å². The molecule has 0 radical (unpaired) electrons. The number of piperidine rings is 1. The Balaban J connectivity index is 2.00. The summed E-state index contributed by atoms with van der Waals surface area (Å²) in [6.07, 6.45) is 1.84. The molecule has 0 unspecified atom stereocenters. The van der Waals surface area contributed by atoms with E-state index in [9.17, 15) is 4.79 Å². The van der Waals surface area contributed by atoms with Gasteiger partial charge in [0, 0.05) is 11.6 Å². The highest BCUT2D eigenvalue weighted by molar-refractivity contribution is 5.93. The summed E-state index contributed by atoms with van der Waals surface area (Å²) in [4.78, 5) is 12.2. The molecular weight excluding hydrogens is 240 g/mol. The predicted molar refractivity (Wildman–Crippen MR) is 76.6 cm³/mol. The van der Waals surface area contributed by atoms with Crippen LogP contribution in [0.15, 0.2) is 18.2 Å². The molecule has 1 heterocycles. The maximum absolute atomic E-state index is 12.2. The molecular formula is C15H22N2O2. The molecule has 1 amide bonds. The van der Waals surface area contributed by atoms with E-state index in [1.54, 1.807) is 0 Å². The van der Waals surface area contributed by atoms with Gasteiger partial charge in [0.1, 0.15) is 5.75 Å². The fourth-order valence-electron chi connectivity index (χ4n) is 2.35. The Morgan fingerprint density at radius 2 is 2.16 bits per heavy atom. The number of aryl methyl sites for hydroxylation is 1. The van der Waals surface area contributed by atoms with Crippen molar-refractivity contribution in [1.82, 2.24) is 5.32 Å². The van der Waals surface area contributed by atoms with Gasteiger partial charge in [0.05, 0.1) is 6.61 Å². The monoisotopic (exact) mass is 262 g/mol. The first-order chi connectivity index (χ1) is 9.20. The fraction of sp³-hybridized carbons (Fsp3) is 0.533. The Morgan fingerprint density at radius 3 is 2.79 bits per heavy atom. The lowest BCUT2D eigenvalue weighted by atomic mass is 9.97. The molecule has 1 saturated heterocycles.